The van der Waals surface area contributed by atoms with Crippen LogP contribution in [0, 0.1) is 0 Å². The Bertz CT molecular complexity index is 2620. The van der Waals surface area contributed by atoms with Gasteiger partial charge in [0.25, 0.3) is 0 Å². The van der Waals surface area contributed by atoms with Crippen LogP contribution >= 0.6 is 0 Å². The van der Waals surface area contributed by atoms with Crippen molar-refractivity contribution in [2.45, 2.75) is 0 Å². The van der Waals surface area contributed by atoms with Crippen molar-refractivity contribution in [3.05, 3.63) is 146 Å². The zero-order valence-corrected chi connectivity index (χ0v) is 24.2. The lowest BCUT2D eigenvalue weighted by atomic mass is 9.92. The van der Waals surface area contributed by atoms with E-state index < -0.39 is 0 Å². The van der Waals surface area contributed by atoms with Crippen LogP contribution in [0.5, 0.6) is 0 Å². The Hall–Kier alpha value is -6.06. The zero-order chi connectivity index (χ0) is 29.5. The molecule has 2 aromatic heterocycles. The molecule has 0 radical (unpaired) electrons. The SMILES string of the molecule is c1ccc(-c2nc3ccc4ccc5ccc(-c6cccc(-c7ccc8c9c(cccc79)-c7ccccc7-8)c6)cc5c4c3o2)nc1. The normalized spacial score (nSPS) is 12.0. The van der Waals surface area contributed by atoms with E-state index in [4.69, 9.17) is 9.40 Å². The van der Waals surface area contributed by atoms with E-state index in [0.29, 0.717) is 5.89 Å². The van der Waals surface area contributed by atoms with E-state index in [1.54, 1.807) is 6.20 Å². The lowest BCUT2D eigenvalue weighted by molar-refractivity contribution is 0.620. The maximum atomic E-state index is 6.41. The first-order valence-corrected chi connectivity index (χ1v) is 15.2. The van der Waals surface area contributed by atoms with Crippen LogP contribution in [0.25, 0.3) is 99.5 Å². The van der Waals surface area contributed by atoms with Crippen LogP contribution in [0.1, 0.15) is 0 Å². The molecule has 0 unspecified atom stereocenters. The van der Waals surface area contributed by atoms with Crippen LogP contribution < -0.4 is 0 Å². The molecule has 3 nitrogen and oxygen atoms in total. The summed E-state index contributed by atoms with van der Waals surface area (Å²) < 4.78 is 6.41. The van der Waals surface area contributed by atoms with Crippen molar-refractivity contribution in [1.29, 1.82) is 0 Å². The van der Waals surface area contributed by atoms with Crippen LogP contribution in [0.2, 0.25) is 0 Å². The maximum absolute atomic E-state index is 6.41. The topological polar surface area (TPSA) is 38.9 Å². The van der Waals surface area contributed by atoms with E-state index in [0.717, 1.165) is 43.9 Å². The summed E-state index contributed by atoms with van der Waals surface area (Å²) in [5, 5.41) is 7.15. The number of benzene rings is 7. The number of hydrogen-bond donors (Lipinski definition) is 0. The minimum atomic E-state index is 0.535. The number of fused-ring (bicyclic) bond motifs is 8. The summed E-state index contributed by atoms with van der Waals surface area (Å²) >= 11 is 0. The molecular formula is C42H24N2O. The van der Waals surface area contributed by atoms with Crippen molar-refractivity contribution in [2.75, 3.05) is 0 Å². The smallest absolute Gasteiger partial charge is 0.246 e. The summed E-state index contributed by atoms with van der Waals surface area (Å²) in [5.41, 5.74) is 12.4. The Labute approximate surface area is 259 Å². The molecule has 0 saturated heterocycles. The van der Waals surface area contributed by atoms with Gasteiger partial charge in [0.1, 0.15) is 11.2 Å². The maximum Gasteiger partial charge on any atom is 0.246 e. The van der Waals surface area contributed by atoms with Gasteiger partial charge in [0.2, 0.25) is 5.89 Å². The summed E-state index contributed by atoms with van der Waals surface area (Å²) in [4.78, 5) is 9.25. The first-order valence-electron chi connectivity index (χ1n) is 15.2. The van der Waals surface area contributed by atoms with Gasteiger partial charge in [-0.25, -0.2) is 4.98 Å². The van der Waals surface area contributed by atoms with Crippen molar-refractivity contribution in [3.8, 4) is 56.1 Å². The van der Waals surface area contributed by atoms with Crippen molar-refractivity contribution in [1.82, 2.24) is 9.97 Å². The summed E-state index contributed by atoms with van der Waals surface area (Å²) in [7, 11) is 0. The molecule has 0 saturated carbocycles. The highest BCUT2D eigenvalue weighted by molar-refractivity contribution is 6.20. The van der Waals surface area contributed by atoms with Gasteiger partial charge >= 0.3 is 0 Å². The molecule has 0 spiro atoms. The van der Waals surface area contributed by atoms with Gasteiger partial charge in [-0.3, -0.25) is 4.98 Å². The molecule has 1 aliphatic rings. The molecule has 7 aromatic carbocycles. The van der Waals surface area contributed by atoms with Crippen LogP contribution in [-0.4, -0.2) is 9.97 Å². The molecule has 10 rings (SSSR count). The number of rotatable bonds is 3. The molecule has 3 heteroatoms. The molecule has 9 aromatic rings. The van der Waals surface area contributed by atoms with Gasteiger partial charge in [-0.1, -0.05) is 109 Å². The van der Waals surface area contributed by atoms with Crippen LogP contribution in [0.3, 0.4) is 0 Å². The fourth-order valence-corrected chi connectivity index (χ4v) is 7.23. The van der Waals surface area contributed by atoms with E-state index in [1.807, 2.05) is 24.3 Å². The van der Waals surface area contributed by atoms with Crippen molar-refractivity contribution < 1.29 is 4.42 Å². The van der Waals surface area contributed by atoms with Gasteiger partial charge in [-0.2, -0.15) is 0 Å². The summed E-state index contributed by atoms with van der Waals surface area (Å²) in [6.07, 6.45) is 1.76. The first kappa shape index (κ1) is 24.4. The number of oxazole rings is 1. The van der Waals surface area contributed by atoms with Gasteiger partial charge in [0, 0.05) is 11.6 Å². The first-order chi connectivity index (χ1) is 22.3. The Balaban J connectivity index is 1.14. The monoisotopic (exact) mass is 572 g/mol. The van der Waals surface area contributed by atoms with Crippen molar-refractivity contribution in [3.63, 3.8) is 0 Å². The van der Waals surface area contributed by atoms with E-state index in [1.165, 1.54) is 49.7 Å². The van der Waals surface area contributed by atoms with E-state index in [9.17, 15) is 0 Å². The predicted octanol–water partition coefficient (Wildman–Crippen LogP) is 11.3. The Morgan fingerprint density at radius 3 is 2.04 bits per heavy atom. The minimum absolute atomic E-state index is 0.535. The van der Waals surface area contributed by atoms with Crippen molar-refractivity contribution >= 4 is 43.4 Å². The lowest BCUT2D eigenvalue weighted by Crippen LogP contribution is -1.86. The Morgan fingerprint density at radius 2 is 1.16 bits per heavy atom. The summed E-state index contributed by atoms with van der Waals surface area (Å²) in [6, 6.07) is 50.0. The lowest BCUT2D eigenvalue weighted by Gasteiger charge is -2.12. The minimum Gasteiger partial charge on any atom is -0.434 e. The highest BCUT2D eigenvalue weighted by Gasteiger charge is 2.22. The molecule has 0 fully saturated rings. The van der Waals surface area contributed by atoms with Gasteiger partial charge < -0.3 is 4.42 Å². The van der Waals surface area contributed by atoms with Gasteiger partial charge in [-0.05, 0) is 102 Å². The van der Waals surface area contributed by atoms with Crippen LogP contribution in [0.15, 0.2) is 150 Å². The number of nitrogens with zero attached hydrogens (tertiary/aromatic N) is 2. The Kier molecular flexibility index (Phi) is 5.00. The summed E-state index contributed by atoms with van der Waals surface area (Å²) in [6.45, 7) is 0. The summed E-state index contributed by atoms with van der Waals surface area (Å²) in [5.74, 6) is 0.535. The molecule has 0 bridgehead atoms. The van der Waals surface area contributed by atoms with Crippen LogP contribution in [-0.2, 0) is 0 Å². The average molecular weight is 573 g/mol. The Morgan fingerprint density at radius 1 is 0.444 bits per heavy atom. The highest BCUT2D eigenvalue weighted by Crippen LogP contribution is 2.49. The van der Waals surface area contributed by atoms with Gasteiger partial charge in [-0.15, -0.1) is 0 Å². The second kappa shape index (κ2) is 9.22. The quantitative estimate of drug-likeness (QED) is 0.198. The second-order valence-electron chi connectivity index (χ2n) is 11.8. The van der Waals surface area contributed by atoms with E-state index in [-0.39, 0.29) is 0 Å². The third kappa shape index (κ3) is 3.58. The number of hydrogen-bond acceptors (Lipinski definition) is 3. The third-order valence-electron chi connectivity index (χ3n) is 9.29. The zero-order valence-electron chi connectivity index (χ0n) is 24.2. The number of aromatic nitrogens is 2. The molecule has 1 aliphatic carbocycles. The molecule has 0 amide bonds. The van der Waals surface area contributed by atoms with E-state index >= 15 is 0 Å². The van der Waals surface area contributed by atoms with Gasteiger partial charge in [0.05, 0.1) is 0 Å². The predicted molar refractivity (Wildman–Crippen MR) is 185 cm³/mol. The molecule has 0 atom stereocenters. The van der Waals surface area contributed by atoms with E-state index in [2.05, 4.69) is 120 Å². The highest BCUT2D eigenvalue weighted by atomic mass is 16.3. The largest absolute Gasteiger partial charge is 0.434 e. The fraction of sp³-hybridized carbons (Fsp3) is 0. The van der Waals surface area contributed by atoms with Crippen molar-refractivity contribution in [2.24, 2.45) is 0 Å². The molecule has 208 valence electrons. The molecule has 2 heterocycles. The van der Waals surface area contributed by atoms with Gasteiger partial charge in [0.15, 0.2) is 5.58 Å². The third-order valence-corrected chi connectivity index (χ3v) is 9.29. The second-order valence-corrected chi connectivity index (χ2v) is 11.8. The molecule has 45 heavy (non-hydrogen) atoms. The van der Waals surface area contributed by atoms with Crippen LogP contribution in [0.4, 0.5) is 0 Å². The molecule has 0 N–H and O–H groups in total. The fourth-order valence-electron chi connectivity index (χ4n) is 7.23. The number of pyridine rings is 1. The standard InChI is InChI=1S/C42H24N2O/c1-2-10-32-31(9-1)34-12-6-11-33-30(19-20-35(32)40(33)34)29-8-5-7-27(23-29)28-17-15-25-14-16-26-18-21-37-41(39(26)36(25)24-28)45-42(44-37)38-13-3-4-22-43-38/h1-24H. The average Bonchev–Trinajstić information content (AvgIpc) is 3.69. The molecule has 0 aliphatic heterocycles. The molecular weight excluding hydrogens is 548 g/mol.